The van der Waals surface area contributed by atoms with Gasteiger partial charge in [-0.2, -0.15) is 0 Å². The van der Waals surface area contributed by atoms with Gasteiger partial charge in [-0.05, 0) is 19.9 Å². The minimum absolute atomic E-state index is 0.0868. The lowest BCUT2D eigenvalue weighted by molar-refractivity contribution is 0.777. The van der Waals surface area contributed by atoms with Gasteiger partial charge in [0, 0.05) is 24.3 Å². The van der Waals surface area contributed by atoms with Crippen molar-refractivity contribution in [2.45, 2.75) is 19.9 Å². The second-order valence-electron chi connectivity index (χ2n) is 5.50. The fraction of sp³-hybridized carbons (Fsp3) is 0.235. The molecular formula is C17H18N4O. The highest BCUT2D eigenvalue weighted by molar-refractivity contribution is 5.82. The van der Waals surface area contributed by atoms with E-state index < -0.39 is 0 Å². The van der Waals surface area contributed by atoms with Gasteiger partial charge in [-0.15, -0.1) is 0 Å². The van der Waals surface area contributed by atoms with Gasteiger partial charge >= 0.3 is 0 Å². The van der Waals surface area contributed by atoms with Gasteiger partial charge in [0.25, 0.3) is 5.56 Å². The van der Waals surface area contributed by atoms with Crippen molar-refractivity contribution in [1.29, 1.82) is 0 Å². The maximum absolute atomic E-state index is 12.7. The highest BCUT2D eigenvalue weighted by Gasteiger charge is 2.16. The van der Waals surface area contributed by atoms with Crippen molar-refractivity contribution in [1.82, 2.24) is 14.5 Å². The lowest BCUT2D eigenvalue weighted by Gasteiger charge is -2.13. The highest BCUT2D eigenvalue weighted by Crippen LogP contribution is 2.22. The Kier molecular flexibility index (Phi) is 3.50. The SMILES string of the molecule is Cc1cc2c(=O)n(C)c(-c3ccccc3)nc2c(C(C)N)n1. The van der Waals surface area contributed by atoms with E-state index >= 15 is 0 Å². The van der Waals surface area contributed by atoms with E-state index in [-0.39, 0.29) is 11.6 Å². The average molecular weight is 294 g/mol. The number of hydrogen-bond acceptors (Lipinski definition) is 4. The van der Waals surface area contributed by atoms with Crippen molar-refractivity contribution in [2.24, 2.45) is 12.8 Å². The van der Waals surface area contributed by atoms with Gasteiger partial charge in [0.05, 0.1) is 11.1 Å². The Morgan fingerprint density at radius 1 is 1.18 bits per heavy atom. The molecular weight excluding hydrogens is 276 g/mol. The summed E-state index contributed by atoms with van der Waals surface area (Å²) < 4.78 is 1.57. The maximum Gasteiger partial charge on any atom is 0.261 e. The van der Waals surface area contributed by atoms with Crippen LogP contribution in [-0.4, -0.2) is 14.5 Å². The first kappa shape index (κ1) is 14.4. The molecule has 2 heterocycles. The molecule has 2 N–H and O–H groups in total. The standard InChI is InChI=1S/C17H18N4O/c1-10-9-13-15(14(19-10)11(2)18)20-16(21(3)17(13)22)12-7-5-4-6-8-12/h4-9,11H,18H2,1-3H3. The summed E-state index contributed by atoms with van der Waals surface area (Å²) in [6.07, 6.45) is 0. The molecule has 0 aliphatic heterocycles. The van der Waals surface area contributed by atoms with Crippen LogP contribution in [0.25, 0.3) is 22.3 Å². The van der Waals surface area contributed by atoms with Gasteiger partial charge in [-0.25, -0.2) is 4.98 Å². The van der Waals surface area contributed by atoms with Crippen molar-refractivity contribution in [3.8, 4) is 11.4 Å². The number of nitrogens with two attached hydrogens (primary N) is 1. The topological polar surface area (TPSA) is 73.8 Å². The zero-order valence-electron chi connectivity index (χ0n) is 12.9. The molecule has 2 aromatic heterocycles. The number of rotatable bonds is 2. The van der Waals surface area contributed by atoms with E-state index in [1.54, 1.807) is 17.7 Å². The molecule has 3 aromatic rings. The van der Waals surface area contributed by atoms with Crippen molar-refractivity contribution in [2.75, 3.05) is 0 Å². The van der Waals surface area contributed by atoms with E-state index in [9.17, 15) is 4.79 Å². The molecule has 3 rings (SSSR count). The molecule has 0 radical (unpaired) electrons. The molecule has 0 bridgehead atoms. The molecule has 1 aromatic carbocycles. The Balaban J connectivity index is 2.43. The smallest absolute Gasteiger partial charge is 0.261 e. The molecule has 1 unspecified atom stereocenters. The number of nitrogens with zero attached hydrogens (tertiary/aromatic N) is 3. The summed E-state index contributed by atoms with van der Waals surface area (Å²) in [5, 5.41) is 0.557. The van der Waals surface area contributed by atoms with Crippen LogP contribution in [0.4, 0.5) is 0 Å². The zero-order chi connectivity index (χ0) is 15.9. The number of fused-ring (bicyclic) bond motifs is 1. The number of aryl methyl sites for hydroxylation is 1. The number of benzene rings is 1. The van der Waals surface area contributed by atoms with Crippen molar-refractivity contribution >= 4 is 10.9 Å². The lowest BCUT2D eigenvalue weighted by Crippen LogP contribution is -2.22. The van der Waals surface area contributed by atoms with Crippen LogP contribution in [0.1, 0.15) is 24.4 Å². The van der Waals surface area contributed by atoms with Crippen LogP contribution in [0.3, 0.4) is 0 Å². The van der Waals surface area contributed by atoms with Crippen LogP contribution in [0.15, 0.2) is 41.2 Å². The molecule has 0 aliphatic carbocycles. The van der Waals surface area contributed by atoms with E-state index in [4.69, 9.17) is 5.73 Å². The summed E-state index contributed by atoms with van der Waals surface area (Å²) in [4.78, 5) is 21.9. The van der Waals surface area contributed by atoms with E-state index in [0.717, 1.165) is 11.3 Å². The summed E-state index contributed by atoms with van der Waals surface area (Å²) in [7, 11) is 1.73. The van der Waals surface area contributed by atoms with E-state index in [0.29, 0.717) is 22.4 Å². The molecule has 0 spiro atoms. The van der Waals surface area contributed by atoms with Gasteiger partial charge < -0.3 is 5.73 Å². The Morgan fingerprint density at radius 2 is 1.86 bits per heavy atom. The van der Waals surface area contributed by atoms with Gasteiger partial charge in [-0.3, -0.25) is 14.3 Å². The largest absolute Gasteiger partial charge is 0.323 e. The van der Waals surface area contributed by atoms with Gasteiger partial charge in [0.2, 0.25) is 0 Å². The molecule has 5 heteroatoms. The molecule has 1 atom stereocenters. The third-order valence-electron chi connectivity index (χ3n) is 3.68. The molecule has 0 saturated heterocycles. The summed E-state index contributed by atoms with van der Waals surface area (Å²) in [5.74, 6) is 0.616. The Morgan fingerprint density at radius 3 is 2.50 bits per heavy atom. The van der Waals surface area contributed by atoms with Crippen LogP contribution in [0, 0.1) is 6.92 Å². The summed E-state index contributed by atoms with van der Waals surface area (Å²) >= 11 is 0. The van der Waals surface area contributed by atoms with Gasteiger partial charge in [-0.1, -0.05) is 30.3 Å². The third kappa shape index (κ3) is 2.29. The van der Waals surface area contributed by atoms with Crippen LogP contribution in [-0.2, 0) is 7.05 Å². The van der Waals surface area contributed by atoms with Crippen LogP contribution in [0.5, 0.6) is 0 Å². The van der Waals surface area contributed by atoms with Crippen LogP contribution >= 0.6 is 0 Å². The first-order valence-electron chi connectivity index (χ1n) is 7.18. The number of hydrogen-bond donors (Lipinski definition) is 1. The van der Waals surface area contributed by atoms with Crippen molar-refractivity contribution in [3.63, 3.8) is 0 Å². The molecule has 0 amide bonds. The van der Waals surface area contributed by atoms with E-state index in [1.165, 1.54) is 0 Å². The maximum atomic E-state index is 12.7. The third-order valence-corrected chi connectivity index (χ3v) is 3.68. The molecule has 5 nitrogen and oxygen atoms in total. The van der Waals surface area contributed by atoms with E-state index in [2.05, 4.69) is 9.97 Å². The zero-order valence-corrected chi connectivity index (χ0v) is 12.9. The Labute approximate surface area is 128 Å². The normalized spacial score (nSPS) is 12.5. The second kappa shape index (κ2) is 5.35. The predicted molar refractivity (Wildman–Crippen MR) is 87.6 cm³/mol. The Hall–Kier alpha value is -2.53. The quantitative estimate of drug-likeness (QED) is 0.787. The molecule has 0 aliphatic rings. The number of aromatic nitrogens is 3. The first-order chi connectivity index (χ1) is 10.5. The van der Waals surface area contributed by atoms with Crippen molar-refractivity contribution in [3.05, 3.63) is 58.1 Å². The number of pyridine rings is 1. The van der Waals surface area contributed by atoms with Gasteiger partial charge in [0.15, 0.2) is 0 Å². The van der Waals surface area contributed by atoms with Crippen LogP contribution in [0.2, 0.25) is 0 Å². The fourth-order valence-electron chi connectivity index (χ4n) is 2.59. The van der Waals surface area contributed by atoms with E-state index in [1.807, 2.05) is 44.2 Å². The second-order valence-corrected chi connectivity index (χ2v) is 5.50. The monoisotopic (exact) mass is 294 g/mol. The molecule has 22 heavy (non-hydrogen) atoms. The predicted octanol–water partition coefficient (Wildman–Crippen LogP) is 2.32. The van der Waals surface area contributed by atoms with Crippen molar-refractivity contribution < 1.29 is 0 Å². The fourth-order valence-corrected chi connectivity index (χ4v) is 2.59. The summed E-state index contributed by atoms with van der Waals surface area (Å²) in [6, 6.07) is 11.1. The molecule has 0 saturated carbocycles. The highest BCUT2D eigenvalue weighted by atomic mass is 16.1. The minimum atomic E-state index is -0.286. The molecule has 112 valence electrons. The molecule has 0 fully saturated rings. The minimum Gasteiger partial charge on any atom is -0.323 e. The van der Waals surface area contributed by atoms with Gasteiger partial charge in [0.1, 0.15) is 11.3 Å². The summed E-state index contributed by atoms with van der Waals surface area (Å²) in [6.45, 7) is 3.71. The van der Waals surface area contributed by atoms with Crippen LogP contribution < -0.4 is 11.3 Å². The average Bonchev–Trinajstić information content (AvgIpc) is 2.51. The lowest BCUT2D eigenvalue weighted by atomic mass is 10.1. The summed E-state index contributed by atoms with van der Waals surface area (Å²) in [5.41, 5.74) is 8.83. The Bertz CT molecular complexity index is 898. The first-order valence-corrected chi connectivity index (χ1v) is 7.18.